The molecule has 3 N–H and O–H groups in total. The smallest absolute Gasteiger partial charge is 0.303 e. The van der Waals surface area contributed by atoms with Crippen molar-refractivity contribution in [1.82, 2.24) is 5.32 Å². The number of carbonyl (C=O) groups is 1. The number of carboxylic acid groups (broad SMARTS) is 1. The number of aliphatic hydroxyl groups excluding tert-OH is 1. The summed E-state index contributed by atoms with van der Waals surface area (Å²) in [6, 6.07) is 7.86. The third-order valence-electron chi connectivity index (χ3n) is 3.53. The van der Waals surface area contributed by atoms with Crippen LogP contribution in [0.15, 0.2) is 24.3 Å². The molecule has 0 saturated carbocycles. The lowest BCUT2D eigenvalue weighted by Gasteiger charge is -2.23. The van der Waals surface area contributed by atoms with Gasteiger partial charge in [0.25, 0.3) is 0 Å². The lowest BCUT2D eigenvalue weighted by atomic mass is 9.84. The van der Waals surface area contributed by atoms with E-state index in [1.54, 1.807) is 0 Å². The Hall–Kier alpha value is -1.39. The predicted octanol–water partition coefficient (Wildman–Crippen LogP) is 2.55. The fourth-order valence-corrected chi connectivity index (χ4v) is 1.99. The van der Waals surface area contributed by atoms with E-state index in [4.69, 9.17) is 10.2 Å². The molecule has 0 saturated heterocycles. The van der Waals surface area contributed by atoms with E-state index in [0.29, 0.717) is 6.42 Å². The van der Waals surface area contributed by atoms with E-state index < -0.39 is 5.97 Å². The number of nitrogens with one attached hydrogen (secondary N) is 1. The Morgan fingerprint density at radius 3 is 2.30 bits per heavy atom. The maximum Gasteiger partial charge on any atom is 0.303 e. The summed E-state index contributed by atoms with van der Waals surface area (Å²) >= 11 is 0. The molecule has 0 aliphatic carbocycles. The van der Waals surface area contributed by atoms with Gasteiger partial charge in [-0.05, 0) is 35.9 Å². The molecule has 0 atom stereocenters. The van der Waals surface area contributed by atoms with Crippen molar-refractivity contribution >= 4 is 5.97 Å². The van der Waals surface area contributed by atoms with Gasteiger partial charge in [0.2, 0.25) is 0 Å². The van der Waals surface area contributed by atoms with Gasteiger partial charge in [-0.25, -0.2) is 0 Å². The van der Waals surface area contributed by atoms with E-state index in [1.165, 1.54) is 5.56 Å². The topological polar surface area (TPSA) is 69.6 Å². The molecule has 0 radical (unpaired) electrons. The molecule has 4 nitrogen and oxygen atoms in total. The minimum atomic E-state index is -0.727. The van der Waals surface area contributed by atoms with Crippen molar-refractivity contribution in [1.29, 1.82) is 0 Å². The minimum Gasteiger partial charge on any atom is -0.481 e. The minimum absolute atomic E-state index is 0.0478. The first-order valence-corrected chi connectivity index (χ1v) is 7.04. The summed E-state index contributed by atoms with van der Waals surface area (Å²) in [6.45, 7) is 5.95. The van der Waals surface area contributed by atoms with Crippen molar-refractivity contribution in [3.8, 4) is 0 Å². The van der Waals surface area contributed by atoms with E-state index in [1.807, 2.05) is 24.3 Å². The molecule has 0 amide bonds. The number of rotatable bonds is 9. The Kier molecular flexibility index (Phi) is 6.68. The molecule has 0 heterocycles. The third-order valence-corrected chi connectivity index (χ3v) is 3.53. The SMILES string of the molecule is CC(C)(CCNCc1ccc(CO)cc1)CCC(=O)O. The maximum atomic E-state index is 10.6. The summed E-state index contributed by atoms with van der Waals surface area (Å²) < 4.78 is 0. The first-order chi connectivity index (χ1) is 9.43. The second-order valence-electron chi connectivity index (χ2n) is 5.96. The highest BCUT2D eigenvalue weighted by Gasteiger charge is 2.18. The lowest BCUT2D eigenvalue weighted by Crippen LogP contribution is -2.23. The van der Waals surface area contributed by atoms with Crippen molar-refractivity contribution in [2.45, 2.75) is 46.3 Å². The zero-order chi connectivity index (χ0) is 15.0. The van der Waals surface area contributed by atoms with Crippen LogP contribution < -0.4 is 5.32 Å². The van der Waals surface area contributed by atoms with Crippen molar-refractivity contribution in [3.63, 3.8) is 0 Å². The van der Waals surface area contributed by atoms with Crippen molar-refractivity contribution in [2.75, 3.05) is 6.54 Å². The van der Waals surface area contributed by atoms with Gasteiger partial charge in [-0.15, -0.1) is 0 Å². The molecule has 0 aromatic heterocycles. The summed E-state index contributed by atoms with van der Waals surface area (Å²) in [4.78, 5) is 10.6. The van der Waals surface area contributed by atoms with Crippen molar-refractivity contribution in [2.24, 2.45) is 5.41 Å². The number of carboxylic acids is 1. The average molecular weight is 279 g/mol. The van der Waals surface area contributed by atoms with Crippen LogP contribution >= 0.6 is 0 Å². The quantitative estimate of drug-likeness (QED) is 0.608. The summed E-state index contributed by atoms with van der Waals surface area (Å²) in [5.74, 6) is -0.727. The number of hydrogen-bond acceptors (Lipinski definition) is 3. The Morgan fingerprint density at radius 1 is 1.15 bits per heavy atom. The van der Waals surface area contributed by atoms with Gasteiger partial charge in [-0.2, -0.15) is 0 Å². The highest BCUT2D eigenvalue weighted by molar-refractivity contribution is 5.66. The fraction of sp³-hybridized carbons (Fsp3) is 0.562. The first kappa shape index (κ1) is 16.7. The molecular formula is C16H25NO3. The number of benzene rings is 1. The largest absolute Gasteiger partial charge is 0.481 e. The lowest BCUT2D eigenvalue weighted by molar-refractivity contribution is -0.137. The molecule has 0 unspecified atom stereocenters. The Labute approximate surface area is 120 Å². The van der Waals surface area contributed by atoms with Crippen molar-refractivity contribution in [3.05, 3.63) is 35.4 Å². The number of aliphatic hydroxyl groups is 1. The zero-order valence-electron chi connectivity index (χ0n) is 12.4. The van der Waals surface area contributed by atoms with E-state index in [2.05, 4.69) is 19.2 Å². The van der Waals surface area contributed by atoms with Gasteiger partial charge in [-0.3, -0.25) is 4.79 Å². The second kappa shape index (κ2) is 8.02. The van der Waals surface area contributed by atoms with Crippen LogP contribution in [-0.4, -0.2) is 22.7 Å². The molecule has 4 heteroatoms. The van der Waals surface area contributed by atoms with Gasteiger partial charge < -0.3 is 15.5 Å². The van der Waals surface area contributed by atoms with E-state index in [9.17, 15) is 4.79 Å². The number of aliphatic carboxylic acids is 1. The van der Waals surface area contributed by atoms with Crippen LogP contribution in [-0.2, 0) is 17.9 Å². The van der Waals surface area contributed by atoms with Crippen LogP contribution in [0.5, 0.6) is 0 Å². The fourth-order valence-electron chi connectivity index (χ4n) is 1.99. The molecule has 1 rings (SSSR count). The van der Waals surface area contributed by atoms with Gasteiger partial charge in [0.1, 0.15) is 0 Å². The van der Waals surface area contributed by atoms with Gasteiger partial charge in [0.15, 0.2) is 0 Å². The predicted molar refractivity (Wildman–Crippen MR) is 79.3 cm³/mol. The molecule has 1 aromatic rings. The first-order valence-electron chi connectivity index (χ1n) is 7.04. The van der Waals surface area contributed by atoms with Gasteiger partial charge >= 0.3 is 5.97 Å². The molecule has 112 valence electrons. The normalized spacial score (nSPS) is 11.6. The van der Waals surface area contributed by atoms with Crippen LogP contribution in [0.3, 0.4) is 0 Å². The standard InChI is InChI=1S/C16H25NO3/c1-16(2,8-7-15(19)20)9-10-17-11-13-3-5-14(12-18)6-4-13/h3-6,17-18H,7-12H2,1-2H3,(H,19,20). The van der Waals surface area contributed by atoms with Gasteiger partial charge in [0, 0.05) is 13.0 Å². The average Bonchev–Trinajstić information content (AvgIpc) is 2.42. The maximum absolute atomic E-state index is 10.6. The van der Waals surface area contributed by atoms with Crippen LogP contribution in [0.2, 0.25) is 0 Å². The molecule has 0 aliphatic rings. The highest BCUT2D eigenvalue weighted by atomic mass is 16.4. The second-order valence-corrected chi connectivity index (χ2v) is 5.96. The molecule has 1 aromatic carbocycles. The van der Waals surface area contributed by atoms with Crippen LogP contribution in [0.1, 0.15) is 44.2 Å². The monoisotopic (exact) mass is 279 g/mol. The van der Waals surface area contributed by atoms with Gasteiger partial charge in [-0.1, -0.05) is 38.1 Å². The summed E-state index contributed by atoms with van der Waals surface area (Å²) in [6.07, 6.45) is 1.89. The molecule has 0 spiro atoms. The van der Waals surface area contributed by atoms with Crippen LogP contribution in [0.25, 0.3) is 0 Å². The molecule has 20 heavy (non-hydrogen) atoms. The van der Waals surface area contributed by atoms with Gasteiger partial charge in [0.05, 0.1) is 6.61 Å². The third kappa shape index (κ3) is 6.68. The summed E-state index contributed by atoms with van der Waals surface area (Å²) in [7, 11) is 0. The Balaban J connectivity index is 2.24. The number of hydrogen-bond donors (Lipinski definition) is 3. The Bertz CT molecular complexity index is 412. The summed E-state index contributed by atoms with van der Waals surface area (Å²) in [5.41, 5.74) is 2.15. The molecule has 0 bridgehead atoms. The van der Waals surface area contributed by atoms with E-state index >= 15 is 0 Å². The van der Waals surface area contributed by atoms with E-state index in [0.717, 1.165) is 25.1 Å². The van der Waals surface area contributed by atoms with Crippen LogP contribution in [0.4, 0.5) is 0 Å². The molecule has 0 aliphatic heterocycles. The van der Waals surface area contributed by atoms with E-state index in [-0.39, 0.29) is 18.4 Å². The zero-order valence-corrected chi connectivity index (χ0v) is 12.4. The molecule has 0 fully saturated rings. The highest BCUT2D eigenvalue weighted by Crippen LogP contribution is 2.26. The summed E-state index contributed by atoms with van der Waals surface area (Å²) in [5, 5.41) is 21.0. The van der Waals surface area contributed by atoms with Crippen molar-refractivity contribution < 1.29 is 15.0 Å². The van der Waals surface area contributed by atoms with Crippen LogP contribution in [0, 0.1) is 5.41 Å². The molecular weight excluding hydrogens is 254 g/mol. The Morgan fingerprint density at radius 2 is 1.75 bits per heavy atom.